The van der Waals surface area contributed by atoms with E-state index in [9.17, 15) is 9.59 Å². The second-order valence-electron chi connectivity index (χ2n) is 5.19. The molecule has 116 valence electrons. The number of ether oxygens (including phenoxy) is 1. The highest BCUT2D eigenvalue weighted by molar-refractivity contribution is 5.81. The Bertz CT molecular complexity index is 915. The van der Waals surface area contributed by atoms with Crippen LogP contribution >= 0.6 is 0 Å². The van der Waals surface area contributed by atoms with Gasteiger partial charge in [0.15, 0.2) is 11.3 Å². The van der Waals surface area contributed by atoms with Crippen LogP contribution in [0.5, 0.6) is 0 Å². The van der Waals surface area contributed by atoms with Crippen molar-refractivity contribution in [3.8, 4) is 11.3 Å². The highest BCUT2D eigenvalue weighted by Gasteiger charge is 2.17. The Hall–Kier alpha value is -2.95. The van der Waals surface area contributed by atoms with Gasteiger partial charge in [0.05, 0.1) is 13.0 Å². The van der Waals surface area contributed by atoms with E-state index in [1.54, 1.807) is 37.3 Å². The standard InChI is InChI=1S/C18H15NO4/c1-11(17(20)22-2)13-8-9-15-14(10-13)19-16(18(21)23-15)12-6-4-3-5-7-12/h3-11H,1-2H3. The van der Waals surface area contributed by atoms with E-state index in [2.05, 4.69) is 4.98 Å². The molecule has 3 rings (SSSR count). The van der Waals surface area contributed by atoms with Gasteiger partial charge >= 0.3 is 11.6 Å². The minimum absolute atomic E-state index is 0.251. The van der Waals surface area contributed by atoms with Gasteiger partial charge in [-0.25, -0.2) is 9.78 Å². The third-order valence-electron chi connectivity index (χ3n) is 3.71. The predicted molar refractivity (Wildman–Crippen MR) is 86.1 cm³/mol. The van der Waals surface area contributed by atoms with Crippen molar-refractivity contribution < 1.29 is 13.9 Å². The van der Waals surface area contributed by atoms with E-state index in [0.29, 0.717) is 16.7 Å². The third kappa shape index (κ3) is 2.85. The summed E-state index contributed by atoms with van der Waals surface area (Å²) in [6.07, 6.45) is 0. The Morgan fingerprint density at radius 1 is 1.17 bits per heavy atom. The minimum atomic E-state index is -0.488. The summed E-state index contributed by atoms with van der Waals surface area (Å²) < 4.78 is 10.1. The molecule has 3 aromatic rings. The van der Waals surface area contributed by atoms with Crippen LogP contribution in [0.3, 0.4) is 0 Å². The van der Waals surface area contributed by atoms with Gasteiger partial charge < -0.3 is 9.15 Å². The molecule has 1 aromatic heterocycles. The van der Waals surface area contributed by atoms with Crippen molar-refractivity contribution >= 4 is 17.1 Å². The van der Waals surface area contributed by atoms with Crippen molar-refractivity contribution in [2.75, 3.05) is 7.11 Å². The molecule has 0 fully saturated rings. The molecule has 0 aliphatic carbocycles. The van der Waals surface area contributed by atoms with Crippen LogP contribution in [0.2, 0.25) is 0 Å². The molecule has 1 unspecified atom stereocenters. The number of hydrogen-bond acceptors (Lipinski definition) is 5. The number of carbonyl (C=O) groups excluding carboxylic acids is 1. The molecule has 0 aliphatic rings. The number of methoxy groups -OCH3 is 1. The van der Waals surface area contributed by atoms with Gasteiger partial charge in [-0.3, -0.25) is 4.79 Å². The SMILES string of the molecule is COC(=O)C(C)c1ccc2oc(=O)c(-c3ccccc3)nc2c1. The maximum Gasteiger partial charge on any atom is 0.363 e. The molecule has 0 saturated carbocycles. The second-order valence-corrected chi connectivity index (χ2v) is 5.19. The van der Waals surface area contributed by atoms with Crippen LogP contribution in [0.4, 0.5) is 0 Å². The third-order valence-corrected chi connectivity index (χ3v) is 3.71. The van der Waals surface area contributed by atoms with Gasteiger partial charge in [-0.15, -0.1) is 0 Å². The number of carbonyl (C=O) groups is 1. The molecule has 0 spiro atoms. The number of benzene rings is 2. The molecular weight excluding hydrogens is 294 g/mol. The fourth-order valence-corrected chi connectivity index (χ4v) is 2.38. The van der Waals surface area contributed by atoms with Gasteiger partial charge in [-0.05, 0) is 24.6 Å². The largest absolute Gasteiger partial charge is 0.469 e. The van der Waals surface area contributed by atoms with Crippen LogP contribution in [0, 0.1) is 0 Å². The van der Waals surface area contributed by atoms with E-state index in [1.165, 1.54) is 7.11 Å². The van der Waals surface area contributed by atoms with Crippen LogP contribution in [-0.4, -0.2) is 18.1 Å². The summed E-state index contributed by atoms with van der Waals surface area (Å²) in [5, 5.41) is 0. The Morgan fingerprint density at radius 2 is 1.91 bits per heavy atom. The van der Waals surface area contributed by atoms with E-state index in [4.69, 9.17) is 9.15 Å². The van der Waals surface area contributed by atoms with Crippen molar-refractivity contribution in [3.63, 3.8) is 0 Å². The number of aromatic nitrogens is 1. The lowest BCUT2D eigenvalue weighted by Gasteiger charge is -2.10. The monoisotopic (exact) mass is 309 g/mol. The normalized spacial score (nSPS) is 12.1. The molecule has 2 aromatic carbocycles. The second kappa shape index (κ2) is 6.04. The van der Waals surface area contributed by atoms with Gasteiger partial charge in [0, 0.05) is 5.56 Å². The van der Waals surface area contributed by atoms with E-state index >= 15 is 0 Å². The van der Waals surface area contributed by atoms with Crippen molar-refractivity contribution in [2.24, 2.45) is 0 Å². The van der Waals surface area contributed by atoms with Gasteiger partial charge in [0.25, 0.3) is 0 Å². The number of rotatable bonds is 3. The predicted octanol–water partition coefficient (Wildman–Crippen LogP) is 3.13. The highest BCUT2D eigenvalue weighted by Crippen LogP contribution is 2.23. The number of fused-ring (bicyclic) bond motifs is 1. The Morgan fingerprint density at radius 3 is 2.61 bits per heavy atom. The van der Waals surface area contributed by atoms with Crippen LogP contribution in [-0.2, 0) is 9.53 Å². The summed E-state index contributed by atoms with van der Waals surface area (Å²) in [4.78, 5) is 28.2. The lowest BCUT2D eigenvalue weighted by Crippen LogP contribution is -2.11. The fourth-order valence-electron chi connectivity index (χ4n) is 2.38. The van der Waals surface area contributed by atoms with Crippen LogP contribution in [0.1, 0.15) is 18.4 Å². The van der Waals surface area contributed by atoms with Crippen molar-refractivity contribution in [1.29, 1.82) is 0 Å². The molecule has 1 atom stereocenters. The van der Waals surface area contributed by atoms with E-state index in [-0.39, 0.29) is 11.7 Å². The first kappa shape index (κ1) is 15.0. The summed E-state index contributed by atoms with van der Waals surface area (Å²) in [7, 11) is 1.35. The first-order valence-electron chi connectivity index (χ1n) is 7.18. The Balaban J connectivity index is 2.13. The zero-order valence-corrected chi connectivity index (χ0v) is 12.8. The van der Waals surface area contributed by atoms with Crippen molar-refractivity contribution in [2.45, 2.75) is 12.8 Å². The zero-order valence-electron chi connectivity index (χ0n) is 12.8. The van der Waals surface area contributed by atoms with Gasteiger partial charge in [0.2, 0.25) is 0 Å². The molecule has 5 nitrogen and oxygen atoms in total. The van der Waals surface area contributed by atoms with Crippen LogP contribution < -0.4 is 5.63 Å². The molecule has 0 amide bonds. The average molecular weight is 309 g/mol. The fraction of sp³-hybridized carbons (Fsp3) is 0.167. The number of nitrogens with zero attached hydrogens (tertiary/aromatic N) is 1. The minimum Gasteiger partial charge on any atom is -0.469 e. The Kier molecular flexibility index (Phi) is 3.93. The molecule has 0 saturated heterocycles. The van der Waals surface area contributed by atoms with Crippen LogP contribution in [0.15, 0.2) is 57.7 Å². The maximum absolute atomic E-state index is 12.1. The van der Waals surface area contributed by atoms with Gasteiger partial charge in [-0.1, -0.05) is 36.4 Å². The van der Waals surface area contributed by atoms with Crippen LogP contribution in [0.25, 0.3) is 22.4 Å². The van der Waals surface area contributed by atoms with E-state index < -0.39 is 11.5 Å². The molecule has 0 N–H and O–H groups in total. The summed E-state index contributed by atoms with van der Waals surface area (Å²) in [5.41, 5.74) is 2.12. The molecule has 1 heterocycles. The average Bonchev–Trinajstić information content (AvgIpc) is 2.60. The topological polar surface area (TPSA) is 69.4 Å². The summed E-state index contributed by atoms with van der Waals surface area (Å²) in [5.74, 6) is -0.747. The quantitative estimate of drug-likeness (QED) is 0.695. The van der Waals surface area contributed by atoms with Gasteiger partial charge in [0.1, 0.15) is 5.52 Å². The summed E-state index contributed by atoms with van der Waals surface area (Å²) in [6, 6.07) is 14.2. The van der Waals surface area contributed by atoms with Crippen molar-refractivity contribution in [3.05, 3.63) is 64.5 Å². The smallest absolute Gasteiger partial charge is 0.363 e. The lowest BCUT2D eigenvalue weighted by atomic mass is 10.0. The first-order chi connectivity index (χ1) is 11.1. The van der Waals surface area contributed by atoms with Crippen molar-refractivity contribution in [1.82, 2.24) is 4.98 Å². The van der Waals surface area contributed by atoms with E-state index in [0.717, 1.165) is 5.56 Å². The number of hydrogen-bond donors (Lipinski definition) is 0. The Labute approximate surface area is 132 Å². The summed E-state index contributed by atoms with van der Waals surface area (Å²) >= 11 is 0. The zero-order chi connectivity index (χ0) is 16.4. The molecule has 0 aliphatic heterocycles. The van der Waals surface area contributed by atoms with Gasteiger partial charge in [-0.2, -0.15) is 0 Å². The lowest BCUT2D eigenvalue weighted by molar-refractivity contribution is -0.141. The summed E-state index contributed by atoms with van der Waals surface area (Å²) in [6.45, 7) is 1.75. The molecule has 23 heavy (non-hydrogen) atoms. The highest BCUT2D eigenvalue weighted by atomic mass is 16.5. The first-order valence-corrected chi connectivity index (χ1v) is 7.18. The molecule has 0 bridgehead atoms. The van der Waals surface area contributed by atoms with E-state index in [1.807, 2.05) is 18.2 Å². The maximum atomic E-state index is 12.1. The molecule has 0 radical (unpaired) electrons. The number of esters is 1. The molecule has 5 heteroatoms. The molecular formula is C18H15NO4.